The normalized spacial score (nSPS) is 11.7. The Morgan fingerprint density at radius 1 is 1.10 bits per heavy atom. The highest BCUT2D eigenvalue weighted by Gasteiger charge is 2.10. The summed E-state index contributed by atoms with van der Waals surface area (Å²) in [5.41, 5.74) is 2.43. The molecule has 1 atom stereocenters. The lowest BCUT2D eigenvalue weighted by atomic mass is 10.1. The standard InChI is InChI=1S/C23H25N3O3/c1-17(18-8-4-3-5-9-18)24-22(27)12-7-15-26-23(28)14-13-21(25-26)19-10-6-11-20(16-19)29-2/h3-6,8-11,13-14,16-17H,7,12,15H2,1-2H3,(H,24,27). The highest BCUT2D eigenvalue weighted by molar-refractivity contribution is 5.76. The molecule has 6 nitrogen and oxygen atoms in total. The Balaban J connectivity index is 1.59. The Labute approximate surface area is 170 Å². The van der Waals surface area contributed by atoms with E-state index < -0.39 is 0 Å². The molecule has 1 amide bonds. The molecule has 3 aromatic rings. The Morgan fingerprint density at radius 3 is 2.66 bits per heavy atom. The minimum Gasteiger partial charge on any atom is -0.497 e. The van der Waals surface area contributed by atoms with Gasteiger partial charge in [-0.25, -0.2) is 4.68 Å². The molecule has 1 aromatic heterocycles. The van der Waals surface area contributed by atoms with Crippen LogP contribution in [0.2, 0.25) is 0 Å². The van der Waals surface area contributed by atoms with Gasteiger partial charge in [-0.3, -0.25) is 9.59 Å². The van der Waals surface area contributed by atoms with Crippen LogP contribution in [0.15, 0.2) is 71.5 Å². The summed E-state index contributed by atoms with van der Waals surface area (Å²) in [5.74, 6) is 0.685. The fourth-order valence-corrected chi connectivity index (χ4v) is 3.07. The lowest BCUT2D eigenvalue weighted by Crippen LogP contribution is -2.27. The van der Waals surface area contributed by atoms with E-state index in [0.29, 0.717) is 25.1 Å². The minimum atomic E-state index is -0.185. The van der Waals surface area contributed by atoms with Crippen LogP contribution in [0.3, 0.4) is 0 Å². The van der Waals surface area contributed by atoms with Crippen molar-refractivity contribution in [2.45, 2.75) is 32.4 Å². The summed E-state index contributed by atoms with van der Waals surface area (Å²) >= 11 is 0. The quantitative estimate of drug-likeness (QED) is 0.637. The van der Waals surface area contributed by atoms with Gasteiger partial charge in [-0.2, -0.15) is 5.10 Å². The molecule has 2 aromatic carbocycles. The zero-order chi connectivity index (χ0) is 20.6. The van der Waals surface area contributed by atoms with Crippen LogP contribution in [0.1, 0.15) is 31.4 Å². The van der Waals surface area contributed by atoms with E-state index in [-0.39, 0.29) is 17.5 Å². The molecule has 1 heterocycles. The molecule has 0 saturated carbocycles. The molecule has 0 bridgehead atoms. The summed E-state index contributed by atoms with van der Waals surface area (Å²) < 4.78 is 6.65. The zero-order valence-electron chi connectivity index (χ0n) is 16.7. The third-order valence-electron chi connectivity index (χ3n) is 4.68. The number of hydrogen-bond acceptors (Lipinski definition) is 4. The van der Waals surface area contributed by atoms with Gasteiger partial charge in [0.05, 0.1) is 18.8 Å². The van der Waals surface area contributed by atoms with Crippen LogP contribution in [0.25, 0.3) is 11.3 Å². The van der Waals surface area contributed by atoms with Gasteiger partial charge in [0.15, 0.2) is 0 Å². The highest BCUT2D eigenvalue weighted by atomic mass is 16.5. The Kier molecular flexibility index (Phi) is 6.79. The topological polar surface area (TPSA) is 73.2 Å². The van der Waals surface area contributed by atoms with Gasteiger partial charge in [-0.05, 0) is 37.1 Å². The SMILES string of the molecule is COc1cccc(-c2ccc(=O)n(CCCC(=O)NC(C)c3ccccc3)n2)c1. The van der Waals surface area contributed by atoms with Gasteiger partial charge >= 0.3 is 0 Å². The molecular weight excluding hydrogens is 366 g/mol. The van der Waals surface area contributed by atoms with Crippen LogP contribution in [-0.2, 0) is 11.3 Å². The first-order valence-electron chi connectivity index (χ1n) is 9.64. The fourth-order valence-electron chi connectivity index (χ4n) is 3.07. The van der Waals surface area contributed by atoms with Gasteiger partial charge in [0.2, 0.25) is 5.91 Å². The summed E-state index contributed by atoms with van der Waals surface area (Å²) in [6.07, 6.45) is 0.858. The molecule has 0 radical (unpaired) electrons. The predicted molar refractivity (Wildman–Crippen MR) is 113 cm³/mol. The number of aryl methyl sites for hydroxylation is 1. The average Bonchev–Trinajstić information content (AvgIpc) is 2.75. The zero-order valence-corrected chi connectivity index (χ0v) is 16.7. The second kappa shape index (κ2) is 9.68. The number of carbonyl (C=O) groups is 1. The van der Waals surface area contributed by atoms with Crippen molar-refractivity contribution in [2.24, 2.45) is 0 Å². The van der Waals surface area contributed by atoms with E-state index in [1.54, 1.807) is 13.2 Å². The van der Waals surface area contributed by atoms with Crippen molar-refractivity contribution < 1.29 is 9.53 Å². The van der Waals surface area contributed by atoms with Gasteiger partial charge < -0.3 is 10.1 Å². The third-order valence-corrected chi connectivity index (χ3v) is 4.68. The molecule has 1 unspecified atom stereocenters. The molecule has 0 aliphatic rings. The first kappa shape index (κ1) is 20.3. The summed E-state index contributed by atoms with van der Waals surface area (Å²) in [7, 11) is 1.61. The lowest BCUT2D eigenvalue weighted by molar-refractivity contribution is -0.121. The molecular formula is C23H25N3O3. The van der Waals surface area contributed by atoms with Crippen LogP contribution < -0.4 is 15.6 Å². The number of carbonyl (C=O) groups excluding carboxylic acids is 1. The summed E-state index contributed by atoms with van der Waals surface area (Å²) in [6, 6.07) is 20.5. The predicted octanol–water partition coefficient (Wildman–Crippen LogP) is 3.58. The first-order valence-corrected chi connectivity index (χ1v) is 9.64. The van der Waals surface area contributed by atoms with Gasteiger partial charge in [0, 0.05) is 24.6 Å². The molecule has 29 heavy (non-hydrogen) atoms. The number of ether oxygens (including phenoxy) is 1. The molecule has 0 spiro atoms. The molecule has 0 fully saturated rings. The number of hydrogen-bond donors (Lipinski definition) is 1. The summed E-state index contributed by atoms with van der Waals surface area (Å²) in [6.45, 7) is 2.33. The number of nitrogens with zero attached hydrogens (tertiary/aromatic N) is 2. The van der Waals surface area contributed by atoms with Crippen LogP contribution >= 0.6 is 0 Å². The average molecular weight is 391 g/mol. The number of benzene rings is 2. The highest BCUT2D eigenvalue weighted by Crippen LogP contribution is 2.21. The molecule has 150 valence electrons. The maximum Gasteiger partial charge on any atom is 0.266 e. The van der Waals surface area contributed by atoms with Gasteiger partial charge in [0.1, 0.15) is 5.75 Å². The van der Waals surface area contributed by atoms with Gasteiger partial charge in [0.25, 0.3) is 5.56 Å². The number of aromatic nitrogens is 2. The minimum absolute atomic E-state index is 0.0432. The van der Waals surface area contributed by atoms with E-state index in [4.69, 9.17) is 4.74 Å². The first-order chi connectivity index (χ1) is 14.1. The second-order valence-electron chi connectivity index (χ2n) is 6.82. The van der Waals surface area contributed by atoms with Crippen LogP contribution in [0, 0.1) is 0 Å². The maximum atomic E-state index is 12.2. The summed E-state index contributed by atoms with van der Waals surface area (Å²) in [4.78, 5) is 24.4. The number of nitrogens with one attached hydrogen (secondary N) is 1. The smallest absolute Gasteiger partial charge is 0.266 e. The van der Waals surface area contributed by atoms with Crippen LogP contribution in [0.4, 0.5) is 0 Å². The molecule has 1 N–H and O–H groups in total. The van der Waals surface area contributed by atoms with E-state index >= 15 is 0 Å². The van der Waals surface area contributed by atoms with Crippen molar-refractivity contribution >= 4 is 5.91 Å². The van der Waals surface area contributed by atoms with Crippen LogP contribution in [-0.4, -0.2) is 22.8 Å². The second-order valence-corrected chi connectivity index (χ2v) is 6.82. The maximum absolute atomic E-state index is 12.2. The Hall–Kier alpha value is -3.41. The molecule has 3 rings (SSSR count). The molecule has 0 saturated heterocycles. The Morgan fingerprint density at radius 2 is 1.90 bits per heavy atom. The molecule has 0 aliphatic heterocycles. The third kappa shape index (κ3) is 5.54. The monoisotopic (exact) mass is 391 g/mol. The van der Waals surface area contributed by atoms with Crippen molar-refractivity contribution in [1.29, 1.82) is 0 Å². The van der Waals surface area contributed by atoms with Crippen molar-refractivity contribution in [3.05, 3.63) is 82.6 Å². The van der Waals surface area contributed by atoms with Crippen molar-refractivity contribution in [2.75, 3.05) is 7.11 Å². The van der Waals surface area contributed by atoms with Gasteiger partial charge in [-0.1, -0.05) is 42.5 Å². The number of methoxy groups -OCH3 is 1. The van der Waals surface area contributed by atoms with Crippen molar-refractivity contribution in [1.82, 2.24) is 15.1 Å². The number of amides is 1. The van der Waals surface area contributed by atoms with E-state index in [9.17, 15) is 9.59 Å². The van der Waals surface area contributed by atoms with Crippen LogP contribution in [0.5, 0.6) is 5.75 Å². The summed E-state index contributed by atoms with van der Waals surface area (Å²) in [5, 5.41) is 7.43. The fraction of sp³-hybridized carbons (Fsp3) is 0.261. The largest absolute Gasteiger partial charge is 0.497 e. The molecule has 0 aliphatic carbocycles. The molecule has 6 heteroatoms. The number of rotatable bonds is 8. The van der Waals surface area contributed by atoms with E-state index in [2.05, 4.69) is 10.4 Å². The van der Waals surface area contributed by atoms with Crippen molar-refractivity contribution in [3.63, 3.8) is 0 Å². The van der Waals surface area contributed by atoms with E-state index in [1.165, 1.54) is 10.7 Å². The lowest BCUT2D eigenvalue weighted by Gasteiger charge is -2.14. The van der Waals surface area contributed by atoms with Crippen molar-refractivity contribution in [3.8, 4) is 17.0 Å². The van der Waals surface area contributed by atoms with E-state index in [1.807, 2.05) is 61.5 Å². The Bertz CT molecular complexity index is 1020. The van der Waals surface area contributed by atoms with E-state index in [0.717, 1.165) is 16.9 Å². The van der Waals surface area contributed by atoms with Gasteiger partial charge in [-0.15, -0.1) is 0 Å².